The van der Waals surface area contributed by atoms with Crippen molar-refractivity contribution < 1.29 is 18.3 Å². The molecule has 1 atom stereocenters. The van der Waals surface area contributed by atoms with Gasteiger partial charge in [0.15, 0.2) is 11.6 Å². The summed E-state index contributed by atoms with van der Waals surface area (Å²) in [6.45, 7) is 5.87. The number of nitrogens with one attached hydrogen (secondary N) is 1. The summed E-state index contributed by atoms with van der Waals surface area (Å²) >= 11 is 0. The molecule has 0 aliphatic carbocycles. The van der Waals surface area contributed by atoms with Gasteiger partial charge in [-0.05, 0) is 69.1 Å². The highest BCUT2D eigenvalue weighted by molar-refractivity contribution is 5.79. The van der Waals surface area contributed by atoms with Crippen LogP contribution in [0.5, 0.6) is 5.88 Å². The minimum absolute atomic E-state index is 0.134. The summed E-state index contributed by atoms with van der Waals surface area (Å²) in [5, 5.41) is 3.05. The third-order valence-electron chi connectivity index (χ3n) is 5.58. The van der Waals surface area contributed by atoms with Crippen LogP contribution >= 0.6 is 0 Å². The first kappa shape index (κ1) is 21.2. The summed E-state index contributed by atoms with van der Waals surface area (Å²) in [7, 11) is 1.52. The topological polar surface area (TPSA) is 54.5 Å². The van der Waals surface area contributed by atoms with Gasteiger partial charge in [-0.2, -0.15) is 0 Å². The van der Waals surface area contributed by atoms with E-state index in [0.717, 1.165) is 37.6 Å². The Hall–Kier alpha value is -2.54. The van der Waals surface area contributed by atoms with E-state index in [1.54, 1.807) is 18.3 Å². The molecule has 1 fully saturated rings. The fourth-order valence-electron chi connectivity index (χ4n) is 3.91. The molecular formula is C22H27F2N3O2. The molecule has 156 valence electrons. The second-order valence-corrected chi connectivity index (χ2v) is 7.91. The predicted octanol–water partition coefficient (Wildman–Crippen LogP) is 3.64. The zero-order chi connectivity index (χ0) is 21.0. The molecule has 3 rings (SSSR count). The highest BCUT2D eigenvalue weighted by atomic mass is 19.2. The van der Waals surface area contributed by atoms with E-state index in [1.165, 1.54) is 19.2 Å². The van der Waals surface area contributed by atoms with E-state index in [4.69, 9.17) is 4.74 Å². The van der Waals surface area contributed by atoms with E-state index in [1.807, 2.05) is 13.8 Å². The standard InChI is InChI=1S/C22H27F2N3O2/c1-22(2,27-10-4-5-11-27)21(16-6-7-17(23)18(24)14-16)26-19(28)12-15-8-9-25-20(13-15)29-3/h6-9,13-14,21H,4-5,10-12H2,1-3H3,(H,26,28). The summed E-state index contributed by atoms with van der Waals surface area (Å²) in [5.41, 5.74) is 0.839. The van der Waals surface area contributed by atoms with Crippen molar-refractivity contribution in [1.29, 1.82) is 0 Å². The third kappa shape index (κ3) is 4.90. The van der Waals surface area contributed by atoms with Gasteiger partial charge in [0.1, 0.15) is 0 Å². The summed E-state index contributed by atoms with van der Waals surface area (Å²) in [5.74, 6) is -1.59. The largest absolute Gasteiger partial charge is 0.481 e. The predicted molar refractivity (Wildman–Crippen MR) is 107 cm³/mol. The molecule has 1 N–H and O–H groups in total. The average Bonchev–Trinajstić information content (AvgIpc) is 3.24. The Morgan fingerprint density at radius 3 is 2.59 bits per heavy atom. The van der Waals surface area contributed by atoms with Crippen molar-refractivity contribution in [2.75, 3.05) is 20.2 Å². The van der Waals surface area contributed by atoms with Crippen LogP contribution in [0.25, 0.3) is 0 Å². The average molecular weight is 403 g/mol. The Kier molecular flexibility index (Phi) is 6.47. The number of halogens is 2. The van der Waals surface area contributed by atoms with Crippen molar-refractivity contribution in [1.82, 2.24) is 15.2 Å². The van der Waals surface area contributed by atoms with Crippen LogP contribution in [0.15, 0.2) is 36.5 Å². The number of carbonyl (C=O) groups excluding carboxylic acids is 1. The van der Waals surface area contributed by atoms with Gasteiger partial charge in [-0.25, -0.2) is 13.8 Å². The first-order valence-electron chi connectivity index (χ1n) is 9.79. The molecule has 0 radical (unpaired) electrons. The number of rotatable bonds is 7. The van der Waals surface area contributed by atoms with Crippen LogP contribution in [0, 0.1) is 11.6 Å². The maximum absolute atomic E-state index is 14.0. The number of amides is 1. The van der Waals surface area contributed by atoms with Crippen LogP contribution in [0.3, 0.4) is 0 Å². The second-order valence-electron chi connectivity index (χ2n) is 7.91. The number of likely N-dealkylation sites (tertiary alicyclic amines) is 1. The van der Waals surface area contributed by atoms with Crippen molar-refractivity contribution in [3.8, 4) is 5.88 Å². The van der Waals surface area contributed by atoms with Gasteiger partial charge in [-0.15, -0.1) is 0 Å². The van der Waals surface area contributed by atoms with Crippen molar-refractivity contribution >= 4 is 5.91 Å². The first-order chi connectivity index (χ1) is 13.8. The molecule has 1 saturated heterocycles. The first-order valence-corrected chi connectivity index (χ1v) is 9.79. The molecule has 0 saturated carbocycles. The number of nitrogens with zero attached hydrogens (tertiary/aromatic N) is 2. The Balaban J connectivity index is 1.85. The molecule has 2 aromatic rings. The molecule has 2 heterocycles. The molecule has 0 bridgehead atoms. The number of ether oxygens (including phenoxy) is 1. The number of hydrogen-bond donors (Lipinski definition) is 1. The number of pyridine rings is 1. The Morgan fingerprint density at radius 2 is 1.93 bits per heavy atom. The Morgan fingerprint density at radius 1 is 1.21 bits per heavy atom. The molecule has 1 aromatic heterocycles. The maximum atomic E-state index is 14.0. The van der Waals surface area contributed by atoms with Gasteiger partial charge < -0.3 is 10.1 Å². The van der Waals surface area contributed by atoms with Crippen LogP contribution in [0.2, 0.25) is 0 Å². The van der Waals surface area contributed by atoms with E-state index < -0.39 is 23.2 Å². The van der Waals surface area contributed by atoms with Crippen molar-refractivity contribution in [2.45, 2.75) is 44.7 Å². The summed E-state index contributed by atoms with van der Waals surface area (Å²) < 4.78 is 32.5. The number of carbonyl (C=O) groups is 1. The van der Waals surface area contributed by atoms with Crippen LogP contribution in [0.4, 0.5) is 8.78 Å². The summed E-state index contributed by atoms with van der Waals surface area (Å²) in [4.78, 5) is 19.2. The summed E-state index contributed by atoms with van der Waals surface area (Å²) in [6.07, 6.45) is 3.88. The lowest BCUT2D eigenvalue weighted by Gasteiger charge is -2.42. The van der Waals surface area contributed by atoms with E-state index in [0.29, 0.717) is 11.4 Å². The molecule has 1 amide bonds. The molecule has 29 heavy (non-hydrogen) atoms. The fourth-order valence-corrected chi connectivity index (χ4v) is 3.91. The van der Waals surface area contributed by atoms with Crippen molar-refractivity contribution in [2.24, 2.45) is 0 Å². The van der Waals surface area contributed by atoms with E-state index in [-0.39, 0.29) is 12.3 Å². The number of aromatic nitrogens is 1. The van der Waals surface area contributed by atoms with Gasteiger partial charge in [-0.1, -0.05) is 6.07 Å². The van der Waals surface area contributed by atoms with Gasteiger partial charge in [0, 0.05) is 17.8 Å². The number of methoxy groups -OCH3 is 1. The lowest BCUT2D eigenvalue weighted by molar-refractivity contribution is -0.122. The zero-order valence-corrected chi connectivity index (χ0v) is 17.0. The monoisotopic (exact) mass is 403 g/mol. The van der Waals surface area contributed by atoms with E-state index in [2.05, 4.69) is 15.2 Å². The third-order valence-corrected chi connectivity index (χ3v) is 5.58. The molecule has 5 nitrogen and oxygen atoms in total. The number of benzene rings is 1. The van der Waals surface area contributed by atoms with E-state index >= 15 is 0 Å². The molecule has 7 heteroatoms. The minimum Gasteiger partial charge on any atom is -0.481 e. The number of hydrogen-bond acceptors (Lipinski definition) is 4. The fraction of sp³-hybridized carbons (Fsp3) is 0.455. The normalized spacial score (nSPS) is 15.9. The lowest BCUT2D eigenvalue weighted by atomic mass is 9.86. The van der Waals surface area contributed by atoms with Crippen LogP contribution in [0.1, 0.15) is 43.9 Å². The van der Waals surface area contributed by atoms with Gasteiger partial charge >= 0.3 is 0 Å². The molecule has 1 aliphatic heterocycles. The van der Waals surface area contributed by atoms with Gasteiger partial charge in [0.2, 0.25) is 11.8 Å². The van der Waals surface area contributed by atoms with E-state index in [9.17, 15) is 13.6 Å². The summed E-state index contributed by atoms with van der Waals surface area (Å²) in [6, 6.07) is 6.78. The Bertz CT molecular complexity index is 867. The highest BCUT2D eigenvalue weighted by Crippen LogP contribution is 2.34. The molecule has 1 aliphatic rings. The van der Waals surface area contributed by atoms with Crippen LogP contribution in [-0.2, 0) is 11.2 Å². The van der Waals surface area contributed by atoms with Crippen molar-refractivity contribution in [3.05, 3.63) is 59.3 Å². The van der Waals surface area contributed by atoms with Crippen molar-refractivity contribution in [3.63, 3.8) is 0 Å². The maximum Gasteiger partial charge on any atom is 0.224 e. The smallest absolute Gasteiger partial charge is 0.224 e. The van der Waals surface area contributed by atoms with Crippen LogP contribution in [-0.4, -0.2) is 41.5 Å². The lowest BCUT2D eigenvalue weighted by Crippen LogP contribution is -2.53. The molecular weight excluding hydrogens is 376 g/mol. The Labute approximate surface area is 170 Å². The molecule has 0 spiro atoms. The molecule has 1 aromatic carbocycles. The highest BCUT2D eigenvalue weighted by Gasteiger charge is 2.38. The van der Waals surface area contributed by atoms with Gasteiger partial charge in [0.25, 0.3) is 0 Å². The minimum atomic E-state index is -0.919. The molecule has 1 unspecified atom stereocenters. The van der Waals surface area contributed by atoms with Gasteiger partial charge in [-0.3, -0.25) is 9.69 Å². The second kappa shape index (κ2) is 8.86. The quantitative estimate of drug-likeness (QED) is 0.767. The SMILES string of the molecule is COc1cc(CC(=O)NC(c2ccc(F)c(F)c2)C(C)(C)N2CCCC2)ccn1. The zero-order valence-electron chi connectivity index (χ0n) is 17.0. The van der Waals surface area contributed by atoms with Crippen LogP contribution < -0.4 is 10.1 Å². The van der Waals surface area contributed by atoms with Gasteiger partial charge in [0.05, 0.1) is 19.6 Å².